The number of halogens is 3. The Bertz CT molecular complexity index is 564. The van der Waals surface area contributed by atoms with Crippen molar-refractivity contribution in [3.8, 4) is 0 Å². The highest BCUT2D eigenvalue weighted by Crippen LogP contribution is 2.42. The van der Waals surface area contributed by atoms with Crippen molar-refractivity contribution in [1.82, 2.24) is 15.6 Å². The summed E-state index contributed by atoms with van der Waals surface area (Å²) >= 11 is 0. The molecule has 2 heterocycles. The second-order valence-corrected chi connectivity index (χ2v) is 4.71. The monoisotopic (exact) mass is 303 g/mol. The molecule has 0 bridgehead atoms. The number of nitrogens with one attached hydrogen (secondary N) is 2. The van der Waals surface area contributed by atoms with Gasteiger partial charge >= 0.3 is 12.2 Å². The highest BCUT2D eigenvalue weighted by Gasteiger charge is 2.65. The number of urea groups is 1. The van der Waals surface area contributed by atoms with Crippen LogP contribution in [-0.4, -0.2) is 33.8 Å². The first kappa shape index (κ1) is 15.2. The van der Waals surface area contributed by atoms with Crippen molar-refractivity contribution >= 4 is 11.8 Å². The van der Waals surface area contributed by atoms with E-state index >= 15 is 0 Å². The van der Waals surface area contributed by atoms with Crippen LogP contribution in [0.5, 0.6) is 0 Å². The summed E-state index contributed by atoms with van der Waals surface area (Å²) in [5, 5.41) is 13.5. The average Bonchev–Trinajstić information content (AvgIpc) is 2.37. The number of pyridine rings is 1. The predicted molar refractivity (Wildman–Crippen MR) is 63.8 cm³/mol. The molecule has 9 heteroatoms. The number of hydrogen-bond acceptors (Lipinski definition) is 4. The van der Waals surface area contributed by atoms with Crippen molar-refractivity contribution in [3.63, 3.8) is 0 Å². The molecule has 0 spiro atoms. The lowest BCUT2D eigenvalue weighted by Gasteiger charge is -2.44. The quantitative estimate of drug-likeness (QED) is 0.757. The van der Waals surface area contributed by atoms with Gasteiger partial charge in [0.25, 0.3) is 0 Å². The number of carbonyl (C=O) groups is 2. The third-order valence-corrected chi connectivity index (χ3v) is 3.31. The highest BCUT2D eigenvalue weighted by atomic mass is 19.4. The molecule has 3 N–H and O–H groups in total. The van der Waals surface area contributed by atoms with Crippen LogP contribution in [0.2, 0.25) is 0 Å². The van der Waals surface area contributed by atoms with Crippen LogP contribution >= 0.6 is 0 Å². The lowest BCUT2D eigenvalue weighted by Crippen LogP contribution is -2.72. The number of aromatic nitrogens is 1. The zero-order chi connectivity index (χ0) is 15.8. The van der Waals surface area contributed by atoms with Gasteiger partial charge in [-0.05, 0) is 24.6 Å². The van der Waals surface area contributed by atoms with Crippen molar-refractivity contribution in [2.24, 2.45) is 5.92 Å². The van der Waals surface area contributed by atoms with Crippen LogP contribution in [0, 0.1) is 5.92 Å². The van der Waals surface area contributed by atoms with Crippen LogP contribution in [0.1, 0.15) is 18.5 Å². The second-order valence-electron chi connectivity index (χ2n) is 4.71. The molecule has 0 aromatic carbocycles. The molecule has 2 rings (SSSR count). The van der Waals surface area contributed by atoms with E-state index in [1.807, 2.05) is 0 Å². The van der Waals surface area contributed by atoms with Crippen LogP contribution in [0.15, 0.2) is 24.5 Å². The first-order chi connectivity index (χ1) is 9.67. The molecule has 1 saturated heterocycles. The van der Waals surface area contributed by atoms with Crippen molar-refractivity contribution in [2.75, 3.05) is 0 Å². The molecule has 0 aliphatic carbocycles. The van der Waals surface area contributed by atoms with E-state index in [9.17, 15) is 27.9 Å². The Morgan fingerprint density at radius 3 is 2.43 bits per heavy atom. The molecule has 21 heavy (non-hydrogen) atoms. The van der Waals surface area contributed by atoms with E-state index in [1.165, 1.54) is 29.8 Å². The van der Waals surface area contributed by atoms with Gasteiger partial charge in [0, 0.05) is 12.4 Å². The van der Waals surface area contributed by atoms with Gasteiger partial charge in [0.05, 0.1) is 12.0 Å². The first-order valence-electron chi connectivity index (χ1n) is 5.95. The Hall–Kier alpha value is -2.16. The zero-order valence-electron chi connectivity index (χ0n) is 10.8. The maximum absolute atomic E-state index is 13.1. The van der Waals surface area contributed by atoms with Gasteiger partial charge < -0.3 is 15.7 Å². The fraction of sp³-hybridized carbons (Fsp3) is 0.417. The third-order valence-electron chi connectivity index (χ3n) is 3.31. The van der Waals surface area contributed by atoms with Crippen LogP contribution in [-0.2, 0) is 4.79 Å². The molecule has 3 atom stereocenters. The molecular formula is C12H12F3N3O3. The van der Waals surface area contributed by atoms with Crippen LogP contribution in [0.3, 0.4) is 0 Å². The van der Waals surface area contributed by atoms with Crippen LogP contribution in [0.25, 0.3) is 0 Å². The van der Waals surface area contributed by atoms with E-state index in [4.69, 9.17) is 0 Å². The van der Waals surface area contributed by atoms with E-state index in [1.54, 1.807) is 0 Å². The molecule has 0 radical (unpaired) electrons. The van der Waals surface area contributed by atoms with E-state index in [0.717, 1.165) is 6.92 Å². The van der Waals surface area contributed by atoms with Gasteiger partial charge in [-0.15, -0.1) is 0 Å². The number of nitrogens with zero attached hydrogens (tertiary/aromatic N) is 1. The molecule has 1 aromatic rings. The standard InChI is InChI=1S/C12H12F3N3O3/c1-6(19)8-9(7-2-4-16-5-3-7)17-10(20)18-11(8,21)12(13,14)15/h2-5,8-9,21H,1H3,(H2,17,18,20)/t8-,9-,11-/m1/s1. The summed E-state index contributed by atoms with van der Waals surface area (Å²) in [6.45, 7) is 0.925. The number of aliphatic hydroxyl groups is 1. The Balaban J connectivity index is 2.54. The number of ketones is 1. The number of alkyl halides is 3. The summed E-state index contributed by atoms with van der Waals surface area (Å²) in [5.41, 5.74) is -3.39. The molecule has 0 unspecified atom stereocenters. The minimum Gasteiger partial charge on any atom is -0.363 e. The Morgan fingerprint density at radius 1 is 1.38 bits per heavy atom. The number of hydrogen-bond donors (Lipinski definition) is 3. The van der Waals surface area contributed by atoms with E-state index < -0.39 is 35.7 Å². The fourth-order valence-electron chi connectivity index (χ4n) is 2.38. The maximum atomic E-state index is 13.1. The summed E-state index contributed by atoms with van der Waals surface area (Å²) in [4.78, 5) is 26.9. The van der Waals surface area contributed by atoms with Crippen molar-refractivity contribution < 1.29 is 27.9 Å². The normalized spacial score (nSPS) is 29.5. The van der Waals surface area contributed by atoms with Crippen LogP contribution in [0.4, 0.5) is 18.0 Å². The Labute approximate surface area is 117 Å². The van der Waals surface area contributed by atoms with Gasteiger partial charge in [-0.1, -0.05) is 0 Å². The Kier molecular flexibility index (Phi) is 3.62. The van der Waals surface area contributed by atoms with Crippen molar-refractivity contribution in [1.29, 1.82) is 0 Å². The lowest BCUT2D eigenvalue weighted by atomic mass is 9.80. The Morgan fingerprint density at radius 2 is 1.95 bits per heavy atom. The minimum absolute atomic E-state index is 0.239. The zero-order valence-corrected chi connectivity index (χ0v) is 10.8. The molecule has 1 aliphatic heterocycles. The molecule has 1 aliphatic rings. The van der Waals surface area contributed by atoms with Crippen molar-refractivity contribution in [3.05, 3.63) is 30.1 Å². The fourth-order valence-corrected chi connectivity index (χ4v) is 2.38. The van der Waals surface area contributed by atoms with Gasteiger partial charge in [-0.2, -0.15) is 13.2 Å². The van der Waals surface area contributed by atoms with Gasteiger partial charge in [0.2, 0.25) is 5.72 Å². The van der Waals surface area contributed by atoms with E-state index in [-0.39, 0.29) is 5.56 Å². The molecule has 114 valence electrons. The molecule has 6 nitrogen and oxygen atoms in total. The molecule has 1 fully saturated rings. The summed E-state index contributed by atoms with van der Waals surface area (Å²) in [7, 11) is 0. The summed E-state index contributed by atoms with van der Waals surface area (Å²) < 4.78 is 39.4. The molecule has 2 amide bonds. The van der Waals surface area contributed by atoms with Gasteiger partial charge in [0.1, 0.15) is 5.78 Å². The number of Topliss-reactive ketones (excluding diaryl/α,β-unsaturated/α-hetero) is 1. The smallest absolute Gasteiger partial charge is 0.363 e. The van der Waals surface area contributed by atoms with E-state index in [0.29, 0.717) is 0 Å². The molecule has 1 aromatic heterocycles. The number of amides is 2. The number of rotatable bonds is 2. The van der Waals surface area contributed by atoms with Gasteiger partial charge in [-0.3, -0.25) is 9.78 Å². The van der Waals surface area contributed by atoms with Crippen molar-refractivity contribution in [2.45, 2.75) is 24.9 Å². The number of carbonyl (C=O) groups excluding carboxylic acids is 2. The first-order valence-corrected chi connectivity index (χ1v) is 5.95. The predicted octanol–water partition coefficient (Wildman–Crippen LogP) is 0.892. The van der Waals surface area contributed by atoms with Gasteiger partial charge in [-0.25, -0.2) is 4.79 Å². The lowest BCUT2D eigenvalue weighted by molar-refractivity contribution is -0.290. The van der Waals surface area contributed by atoms with Gasteiger partial charge in [0.15, 0.2) is 0 Å². The second kappa shape index (κ2) is 4.99. The minimum atomic E-state index is -5.20. The summed E-state index contributed by atoms with van der Waals surface area (Å²) in [6.07, 6.45) is -2.58. The third kappa shape index (κ3) is 2.56. The topological polar surface area (TPSA) is 91.3 Å². The SMILES string of the molecule is CC(=O)[C@@H]1[C@@H](c2ccncc2)NC(=O)N[C@]1(O)C(F)(F)F. The molecule has 0 saturated carbocycles. The summed E-state index contributed by atoms with van der Waals surface area (Å²) in [6, 6.07) is 0.200. The maximum Gasteiger partial charge on any atom is 0.437 e. The molecular weight excluding hydrogens is 291 g/mol. The van der Waals surface area contributed by atoms with E-state index in [2.05, 4.69) is 10.3 Å². The average molecular weight is 303 g/mol. The summed E-state index contributed by atoms with van der Waals surface area (Å²) in [5.74, 6) is -2.83. The van der Waals surface area contributed by atoms with Crippen LogP contribution < -0.4 is 10.6 Å². The highest BCUT2D eigenvalue weighted by molar-refractivity contribution is 5.86. The largest absolute Gasteiger partial charge is 0.437 e.